The maximum Gasteiger partial charge on any atom is 0.300 e. The van der Waals surface area contributed by atoms with E-state index >= 15 is 0 Å². The van der Waals surface area contributed by atoms with Gasteiger partial charge < -0.3 is 19.7 Å². The van der Waals surface area contributed by atoms with Crippen molar-refractivity contribution in [1.82, 2.24) is 5.32 Å². The molecule has 1 heterocycles. The van der Waals surface area contributed by atoms with Crippen LogP contribution in [0.3, 0.4) is 0 Å². The van der Waals surface area contributed by atoms with Gasteiger partial charge in [-0.1, -0.05) is 0 Å². The summed E-state index contributed by atoms with van der Waals surface area (Å²) in [5.41, 5.74) is -2.52. The Balaban J connectivity index is 2.52. The van der Waals surface area contributed by atoms with Gasteiger partial charge in [0.1, 0.15) is 5.69 Å². The zero-order valence-corrected chi connectivity index (χ0v) is 24.6. The fraction of sp³-hybridized carbons (Fsp3) is 0.682. The van der Waals surface area contributed by atoms with Crippen molar-refractivity contribution in [3.63, 3.8) is 0 Å². The number of nitrogens with one attached hydrogen (secondary N) is 1. The normalized spacial score (nSPS) is 17.4. The molecule has 41 heavy (non-hydrogen) atoms. The molecule has 1 amide bonds. The summed E-state index contributed by atoms with van der Waals surface area (Å²) in [6.07, 6.45) is 2.47. The summed E-state index contributed by atoms with van der Waals surface area (Å²) < 4.78 is 67.5. The van der Waals surface area contributed by atoms with Crippen LogP contribution in [0.5, 0.6) is 0 Å². The van der Waals surface area contributed by atoms with E-state index in [4.69, 9.17) is 17.8 Å². The fourth-order valence-corrected chi connectivity index (χ4v) is 5.13. The van der Waals surface area contributed by atoms with Gasteiger partial charge in [0.15, 0.2) is 6.29 Å². The van der Waals surface area contributed by atoms with Crippen molar-refractivity contribution >= 4 is 43.2 Å². The molecule has 1 aromatic rings. The number of carbonyl (C=O) groups excluding carboxylic acids is 1. The van der Waals surface area contributed by atoms with Crippen molar-refractivity contribution in [1.29, 1.82) is 0 Å². The van der Waals surface area contributed by atoms with Gasteiger partial charge in [-0.15, -0.1) is 0 Å². The number of rotatable bonds is 16. The highest BCUT2D eigenvalue weighted by Crippen LogP contribution is 2.38. The van der Waals surface area contributed by atoms with Gasteiger partial charge in [0, 0.05) is 25.8 Å². The third-order valence-electron chi connectivity index (χ3n) is 5.69. The average molecular weight is 627 g/mol. The summed E-state index contributed by atoms with van der Waals surface area (Å²) in [5.74, 6) is -0.933. The quantitative estimate of drug-likeness (QED) is 0.118. The first-order valence-corrected chi connectivity index (χ1v) is 16.1. The van der Waals surface area contributed by atoms with Gasteiger partial charge in [0.05, 0.1) is 59.3 Å². The minimum absolute atomic E-state index is 0.0182. The monoisotopic (exact) mass is 626 g/mol. The minimum Gasteiger partial charge on any atom is -0.358 e. The first kappa shape index (κ1) is 34.2. The van der Waals surface area contributed by atoms with Crippen LogP contribution in [0.4, 0.5) is 17.1 Å². The first-order valence-electron chi connectivity index (χ1n) is 12.5. The predicted molar refractivity (Wildman–Crippen MR) is 145 cm³/mol. The molecule has 3 atom stereocenters. The zero-order chi connectivity index (χ0) is 31.0. The number of hydrogen-bond donors (Lipinski definition) is 1. The molecule has 1 aliphatic heterocycles. The van der Waals surface area contributed by atoms with Crippen LogP contribution >= 0.6 is 0 Å². The minimum atomic E-state index is -3.99. The number of amides is 1. The molecule has 0 bridgehead atoms. The van der Waals surface area contributed by atoms with Crippen molar-refractivity contribution in [2.45, 2.75) is 51.5 Å². The molecular weight excluding hydrogens is 592 g/mol. The van der Waals surface area contributed by atoms with Gasteiger partial charge in [0.2, 0.25) is 0 Å². The van der Waals surface area contributed by atoms with E-state index in [1.807, 2.05) is 0 Å². The Labute approximate surface area is 237 Å². The summed E-state index contributed by atoms with van der Waals surface area (Å²) in [7, 11) is -7.96. The number of carbonyl (C=O) groups is 1. The summed E-state index contributed by atoms with van der Waals surface area (Å²) >= 11 is 0. The van der Waals surface area contributed by atoms with Crippen molar-refractivity contribution in [3.05, 3.63) is 37.9 Å². The van der Waals surface area contributed by atoms with E-state index < -0.39 is 90.2 Å². The van der Waals surface area contributed by atoms with E-state index in [2.05, 4.69) is 5.32 Å². The van der Waals surface area contributed by atoms with Gasteiger partial charge in [-0.25, -0.2) is 0 Å². The first-order chi connectivity index (χ1) is 19.0. The smallest absolute Gasteiger partial charge is 0.300 e. The van der Waals surface area contributed by atoms with Crippen molar-refractivity contribution in [2.75, 3.05) is 50.3 Å². The van der Waals surface area contributed by atoms with Gasteiger partial charge in [0.25, 0.3) is 37.5 Å². The number of anilines is 1. The number of benzene rings is 1. The number of hydrogen-bond acceptors (Lipinski definition) is 14. The van der Waals surface area contributed by atoms with Crippen LogP contribution in [0, 0.1) is 20.2 Å². The molecule has 1 N–H and O–H groups in total. The number of ether oxygens (including phenoxy) is 2. The highest BCUT2D eigenvalue weighted by molar-refractivity contribution is 7.86. The molecular formula is C22H34N4O13S2. The topological polar surface area (TPSA) is 224 Å². The number of nitrogens with zero attached hydrogens (tertiary/aromatic N) is 3. The summed E-state index contributed by atoms with van der Waals surface area (Å²) in [5, 5.41) is 26.2. The molecule has 1 saturated heterocycles. The van der Waals surface area contributed by atoms with E-state index in [9.17, 15) is 41.9 Å². The second-order valence-electron chi connectivity index (χ2n) is 9.40. The van der Waals surface area contributed by atoms with Crippen LogP contribution in [-0.4, -0.2) is 96.4 Å². The van der Waals surface area contributed by atoms with Crippen molar-refractivity contribution in [3.8, 4) is 0 Å². The Kier molecular flexibility index (Phi) is 12.3. The lowest BCUT2D eigenvalue weighted by atomic mass is 10.1. The molecule has 0 spiro atoms. The Morgan fingerprint density at radius 1 is 1.12 bits per heavy atom. The van der Waals surface area contributed by atoms with E-state index in [-0.39, 0.29) is 13.2 Å². The van der Waals surface area contributed by atoms with Crippen molar-refractivity contribution in [2.24, 2.45) is 0 Å². The molecule has 232 valence electrons. The lowest BCUT2D eigenvalue weighted by molar-refractivity contribution is -0.393. The third-order valence-corrected chi connectivity index (χ3v) is 6.93. The molecule has 19 heteroatoms. The standard InChI is InChI=1S/C22H34N4O13S2/c1-15(14-38-40(3,32)33)24(13-16(2)39-41(4,34)35)21-18(11-17(25(28)29)12-19(21)26(30)31)22(27)23-8-10-37-20-7-5-6-9-36-20/h11-12,15-16,20H,5-10,13-14H2,1-4H3,(H,23,27). The third kappa shape index (κ3) is 11.4. The summed E-state index contributed by atoms with van der Waals surface area (Å²) in [6.45, 7) is 2.25. The number of nitro groups is 2. The second-order valence-corrected chi connectivity index (χ2v) is 12.6. The fourth-order valence-electron chi connectivity index (χ4n) is 4.03. The second kappa shape index (κ2) is 14.8. The van der Waals surface area contributed by atoms with E-state index in [0.717, 1.165) is 36.3 Å². The molecule has 1 aromatic carbocycles. The van der Waals surface area contributed by atoms with Crippen LogP contribution < -0.4 is 10.2 Å². The Hall–Kier alpha value is -2.97. The largest absolute Gasteiger partial charge is 0.358 e. The van der Waals surface area contributed by atoms with Gasteiger partial charge in [-0.2, -0.15) is 16.8 Å². The van der Waals surface area contributed by atoms with E-state index in [1.54, 1.807) is 0 Å². The molecule has 2 rings (SSSR count). The summed E-state index contributed by atoms with van der Waals surface area (Å²) in [4.78, 5) is 36.3. The highest BCUT2D eigenvalue weighted by atomic mass is 32.2. The Morgan fingerprint density at radius 3 is 2.34 bits per heavy atom. The van der Waals surface area contributed by atoms with Gasteiger partial charge >= 0.3 is 0 Å². The molecule has 1 aliphatic rings. The Bertz CT molecular complexity index is 1310. The van der Waals surface area contributed by atoms with E-state index in [1.165, 1.54) is 13.8 Å². The molecule has 3 unspecified atom stereocenters. The molecule has 1 fully saturated rings. The van der Waals surface area contributed by atoms with Crippen LogP contribution in [0.15, 0.2) is 12.1 Å². The van der Waals surface area contributed by atoms with Crippen LogP contribution in [0.2, 0.25) is 0 Å². The maximum absolute atomic E-state index is 13.3. The van der Waals surface area contributed by atoms with Crippen molar-refractivity contribution < 1.29 is 49.3 Å². The molecule has 0 radical (unpaired) electrons. The Morgan fingerprint density at radius 2 is 1.80 bits per heavy atom. The molecule has 0 aliphatic carbocycles. The van der Waals surface area contributed by atoms with Crippen LogP contribution in [0.1, 0.15) is 43.5 Å². The van der Waals surface area contributed by atoms with Crippen LogP contribution in [0.25, 0.3) is 0 Å². The zero-order valence-electron chi connectivity index (χ0n) is 23.0. The lowest BCUT2D eigenvalue weighted by Gasteiger charge is -2.33. The van der Waals surface area contributed by atoms with E-state index in [0.29, 0.717) is 19.1 Å². The lowest BCUT2D eigenvalue weighted by Crippen LogP contribution is -2.44. The highest BCUT2D eigenvalue weighted by Gasteiger charge is 2.34. The summed E-state index contributed by atoms with van der Waals surface area (Å²) in [6, 6.07) is 0.450. The number of nitro benzene ring substituents is 2. The SMILES string of the molecule is CC(CN(c1c(C(=O)NCCOC2CCCCO2)cc([N+](=O)[O-])cc1[N+](=O)[O-])C(C)COS(C)(=O)=O)OS(C)(=O)=O. The molecule has 0 aromatic heterocycles. The van der Waals surface area contributed by atoms with Gasteiger partial charge in [-0.3, -0.25) is 33.4 Å². The average Bonchev–Trinajstić information content (AvgIpc) is 2.86. The predicted octanol–water partition coefficient (Wildman–Crippen LogP) is 1.31. The van der Waals surface area contributed by atoms with Gasteiger partial charge in [-0.05, 0) is 33.1 Å². The number of non-ortho nitro benzene ring substituents is 1. The molecule has 17 nitrogen and oxygen atoms in total. The van der Waals surface area contributed by atoms with Crippen LogP contribution in [-0.2, 0) is 38.1 Å². The molecule has 0 saturated carbocycles. The maximum atomic E-state index is 13.3.